The molecule has 2 heterocycles. The van der Waals surface area contributed by atoms with Gasteiger partial charge in [0.25, 0.3) is 11.8 Å². The Morgan fingerprint density at radius 3 is 2.68 bits per heavy atom. The number of hydrazone groups is 1. The Hall–Kier alpha value is -2.94. The Labute approximate surface area is 164 Å². The molecule has 1 unspecified atom stereocenters. The van der Waals surface area contributed by atoms with Crippen LogP contribution in [-0.2, 0) is 15.5 Å². The lowest BCUT2D eigenvalue weighted by atomic mass is 10.0. The lowest BCUT2D eigenvalue weighted by Gasteiger charge is -2.16. The zero-order valence-electron chi connectivity index (χ0n) is 15.0. The monoisotopic (exact) mass is 407 g/mol. The van der Waals surface area contributed by atoms with Crippen LogP contribution in [0.5, 0.6) is 0 Å². The van der Waals surface area contributed by atoms with E-state index in [0.717, 1.165) is 5.01 Å². The Morgan fingerprint density at radius 2 is 2.04 bits per heavy atom. The molecule has 2 amide bonds. The van der Waals surface area contributed by atoms with Gasteiger partial charge in [0.05, 0.1) is 5.71 Å². The standard InChI is InChI=1S/C18H16ClF2N5O2/c1-3-18(20,21)11-5-4-6-12(9-11)22-16(27)15-10(2)25-26(17(15)28)14-8-7-13(19)23-24-14/h4-9,15H,3H2,1-2H3,(H,22,27). The van der Waals surface area contributed by atoms with Gasteiger partial charge in [-0.3, -0.25) is 9.59 Å². The van der Waals surface area contributed by atoms with Gasteiger partial charge >= 0.3 is 0 Å². The highest BCUT2D eigenvalue weighted by Gasteiger charge is 2.40. The van der Waals surface area contributed by atoms with Gasteiger partial charge in [0, 0.05) is 17.7 Å². The third kappa shape index (κ3) is 3.84. The van der Waals surface area contributed by atoms with Crippen molar-refractivity contribution in [1.82, 2.24) is 10.2 Å². The van der Waals surface area contributed by atoms with E-state index in [0.29, 0.717) is 0 Å². The normalized spacial score (nSPS) is 16.9. The van der Waals surface area contributed by atoms with Crippen LogP contribution in [0, 0.1) is 5.92 Å². The van der Waals surface area contributed by atoms with Gasteiger partial charge in [-0.2, -0.15) is 10.1 Å². The van der Waals surface area contributed by atoms with Crippen molar-refractivity contribution < 1.29 is 18.4 Å². The number of nitrogens with zero attached hydrogens (tertiary/aromatic N) is 4. The average molecular weight is 408 g/mol. The Bertz CT molecular complexity index is 949. The minimum atomic E-state index is -3.01. The van der Waals surface area contributed by atoms with Gasteiger partial charge in [-0.05, 0) is 31.2 Å². The number of anilines is 2. The summed E-state index contributed by atoms with van der Waals surface area (Å²) in [4.78, 5) is 25.2. The number of aromatic nitrogens is 2. The molecule has 3 rings (SSSR count). The first-order chi connectivity index (χ1) is 13.2. The summed E-state index contributed by atoms with van der Waals surface area (Å²) < 4.78 is 27.8. The molecule has 0 spiro atoms. The summed E-state index contributed by atoms with van der Waals surface area (Å²) in [6, 6.07) is 8.25. The molecule has 1 N–H and O–H groups in total. The maximum absolute atomic E-state index is 13.9. The summed E-state index contributed by atoms with van der Waals surface area (Å²) in [7, 11) is 0. The van der Waals surface area contributed by atoms with E-state index < -0.39 is 23.7 Å². The molecule has 2 aromatic rings. The van der Waals surface area contributed by atoms with Gasteiger partial charge < -0.3 is 5.32 Å². The van der Waals surface area contributed by atoms with Crippen LogP contribution < -0.4 is 10.3 Å². The SMILES string of the molecule is CCC(F)(F)c1cccc(NC(=O)C2C(=O)N(c3ccc(Cl)nn3)N=C2C)c1. The van der Waals surface area contributed by atoms with Crippen molar-refractivity contribution in [3.63, 3.8) is 0 Å². The van der Waals surface area contributed by atoms with E-state index in [1.165, 1.54) is 50.2 Å². The molecule has 28 heavy (non-hydrogen) atoms. The second kappa shape index (κ2) is 7.59. The number of alkyl halides is 2. The van der Waals surface area contributed by atoms with Gasteiger partial charge in [0.1, 0.15) is 0 Å². The van der Waals surface area contributed by atoms with E-state index in [1.54, 1.807) is 0 Å². The number of halogens is 3. The highest BCUT2D eigenvalue weighted by Crippen LogP contribution is 2.32. The highest BCUT2D eigenvalue weighted by atomic mass is 35.5. The largest absolute Gasteiger partial charge is 0.325 e. The fraction of sp³-hybridized carbons (Fsp3) is 0.278. The maximum Gasteiger partial charge on any atom is 0.273 e. The number of rotatable bonds is 5. The number of nitrogens with one attached hydrogen (secondary N) is 1. The minimum absolute atomic E-state index is 0.119. The van der Waals surface area contributed by atoms with Crippen LogP contribution in [0.2, 0.25) is 5.15 Å². The fourth-order valence-electron chi connectivity index (χ4n) is 2.70. The van der Waals surface area contributed by atoms with Crippen molar-refractivity contribution in [1.29, 1.82) is 0 Å². The molecule has 146 valence electrons. The van der Waals surface area contributed by atoms with Gasteiger partial charge in [-0.25, -0.2) is 8.78 Å². The van der Waals surface area contributed by atoms with Crippen molar-refractivity contribution in [2.24, 2.45) is 11.0 Å². The van der Waals surface area contributed by atoms with Crippen molar-refractivity contribution >= 4 is 40.6 Å². The first kappa shape index (κ1) is 19.8. The summed E-state index contributed by atoms with van der Waals surface area (Å²) >= 11 is 5.68. The van der Waals surface area contributed by atoms with E-state index in [-0.39, 0.29) is 34.4 Å². The van der Waals surface area contributed by atoms with E-state index in [9.17, 15) is 18.4 Å². The molecule has 1 aliphatic rings. The zero-order chi connectivity index (χ0) is 20.5. The molecule has 7 nitrogen and oxygen atoms in total. The topological polar surface area (TPSA) is 87.5 Å². The molecule has 0 radical (unpaired) electrons. The van der Waals surface area contributed by atoms with Crippen molar-refractivity contribution in [2.75, 3.05) is 10.3 Å². The Kier molecular flexibility index (Phi) is 5.37. The fourth-order valence-corrected chi connectivity index (χ4v) is 2.80. The summed E-state index contributed by atoms with van der Waals surface area (Å²) in [6.07, 6.45) is -0.367. The summed E-state index contributed by atoms with van der Waals surface area (Å²) in [5.41, 5.74) is 0.198. The van der Waals surface area contributed by atoms with Crippen LogP contribution in [0.3, 0.4) is 0 Å². The highest BCUT2D eigenvalue weighted by molar-refractivity contribution is 6.30. The number of benzene rings is 1. The second-order valence-electron chi connectivity index (χ2n) is 6.17. The Morgan fingerprint density at radius 1 is 1.29 bits per heavy atom. The molecule has 10 heteroatoms. The predicted molar refractivity (Wildman–Crippen MR) is 100 cm³/mol. The molecule has 0 aliphatic carbocycles. The molecule has 1 atom stereocenters. The Balaban J connectivity index is 1.78. The van der Waals surface area contributed by atoms with E-state index >= 15 is 0 Å². The van der Waals surface area contributed by atoms with Gasteiger partial charge in [0.2, 0.25) is 5.91 Å². The number of hydrogen-bond donors (Lipinski definition) is 1. The summed E-state index contributed by atoms with van der Waals surface area (Å²) in [5.74, 6) is -5.39. The molecule has 0 fully saturated rings. The van der Waals surface area contributed by atoms with Crippen LogP contribution in [0.1, 0.15) is 25.8 Å². The van der Waals surface area contributed by atoms with E-state index in [2.05, 4.69) is 20.6 Å². The molecular weight excluding hydrogens is 392 g/mol. The molecule has 1 aliphatic heterocycles. The van der Waals surface area contributed by atoms with Crippen molar-refractivity contribution in [3.05, 3.63) is 47.1 Å². The summed E-state index contributed by atoms with van der Waals surface area (Å²) in [5, 5.41) is 15.1. The lowest BCUT2D eigenvalue weighted by molar-refractivity contribution is -0.127. The van der Waals surface area contributed by atoms with Crippen molar-refractivity contribution in [2.45, 2.75) is 26.2 Å². The van der Waals surface area contributed by atoms with Crippen molar-refractivity contribution in [3.8, 4) is 0 Å². The van der Waals surface area contributed by atoms with Gasteiger partial charge in [-0.1, -0.05) is 30.7 Å². The quantitative estimate of drug-likeness (QED) is 0.767. The van der Waals surface area contributed by atoms with Crippen LogP contribution in [0.15, 0.2) is 41.5 Å². The smallest absolute Gasteiger partial charge is 0.273 e. The third-order valence-corrected chi connectivity index (χ3v) is 4.43. The van der Waals surface area contributed by atoms with Crippen LogP contribution in [0.4, 0.5) is 20.3 Å². The number of hydrogen-bond acceptors (Lipinski definition) is 5. The maximum atomic E-state index is 13.9. The lowest BCUT2D eigenvalue weighted by Crippen LogP contribution is -2.36. The summed E-state index contributed by atoms with van der Waals surface area (Å²) in [6.45, 7) is 2.89. The average Bonchev–Trinajstić information content (AvgIpc) is 2.97. The van der Waals surface area contributed by atoms with Gasteiger partial charge in [0.15, 0.2) is 16.9 Å². The predicted octanol–water partition coefficient (Wildman–Crippen LogP) is 3.61. The molecule has 0 saturated carbocycles. The molecule has 1 aromatic heterocycles. The molecule has 0 saturated heterocycles. The zero-order valence-corrected chi connectivity index (χ0v) is 15.7. The molecule has 0 bridgehead atoms. The van der Waals surface area contributed by atoms with Crippen LogP contribution >= 0.6 is 11.6 Å². The van der Waals surface area contributed by atoms with Crippen LogP contribution in [-0.4, -0.2) is 27.7 Å². The first-order valence-corrected chi connectivity index (χ1v) is 8.78. The van der Waals surface area contributed by atoms with Gasteiger partial charge in [-0.15, -0.1) is 10.2 Å². The first-order valence-electron chi connectivity index (χ1n) is 8.40. The number of carbonyl (C=O) groups is 2. The minimum Gasteiger partial charge on any atom is -0.325 e. The number of amides is 2. The third-order valence-electron chi connectivity index (χ3n) is 4.22. The second-order valence-corrected chi connectivity index (χ2v) is 6.55. The number of carbonyl (C=O) groups excluding carboxylic acids is 2. The van der Waals surface area contributed by atoms with Crippen LogP contribution in [0.25, 0.3) is 0 Å². The molecule has 1 aromatic carbocycles. The molecular formula is C18H16ClF2N5O2. The van der Waals surface area contributed by atoms with E-state index in [1.807, 2.05) is 0 Å². The van der Waals surface area contributed by atoms with E-state index in [4.69, 9.17) is 11.6 Å².